The number of aromatic nitrogens is 1. The van der Waals surface area contributed by atoms with Gasteiger partial charge in [0.15, 0.2) is 0 Å². The van der Waals surface area contributed by atoms with Crippen molar-refractivity contribution in [2.75, 3.05) is 5.32 Å². The van der Waals surface area contributed by atoms with E-state index in [4.69, 9.17) is 23.2 Å². The molecule has 1 aliphatic rings. The van der Waals surface area contributed by atoms with Gasteiger partial charge in [-0.25, -0.2) is 4.98 Å². The van der Waals surface area contributed by atoms with Crippen molar-refractivity contribution in [3.05, 3.63) is 81.6 Å². The molecule has 1 heterocycles. The SMILES string of the molecule is O=C(Nc1ccc2c(c1)Cc1ccccc1-2)c1ccc(Cl)nc1Cl. The average molecular weight is 355 g/mol. The lowest BCUT2D eigenvalue weighted by molar-refractivity contribution is 0.102. The van der Waals surface area contributed by atoms with Crippen LogP contribution in [-0.2, 0) is 6.42 Å². The number of rotatable bonds is 2. The molecule has 1 amide bonds. The maximum atomic E-state index is 12.4. The Morgan fingerprint density at radius 1 is 0.958 bits per heavy atom. The maximum Gasteiger partial charge on any atom is 0.258 e. The molecule has 3 nitrogen and oxygen atoms in total. The summed E-state index contributed by atoms with van der Waals surface area (Å²) < 4.78 is 0. The molecule has 0 saturated carbocycles. The fraction of sp³-hybridized carbons (Fsp3) is 0.0526. The minimum Gasteiger partial charge on any atom is -0.322 e. The molecule has 0 fully saturated rings. The van der Waals surface area contributed by atoms with Gasteiger partial charge in [-0.3, -0.25) is 4.79 Å². The van der Waals surface area contributed by atoms with Gasteiger partial charge >= 0.3 is 0 Å². The molecule has 5 heteroatoms. The predicted molar refractivity (Wildman–Crippen MR) is 96.9 cm³/mol. The molecule has 4 rings (SSSR count). The average Bonchev–Trinajstić information content (AvgIpc) is 2.92. The summed E-state index contributed by atoms with van der Waals surface area (Å²) in [5.41, 5.74) is 6.02. The van der Waals surface area contributed by atoms with Crippen LogP contribution in [0.4, 0.5) is 5.69 Å². The van der Waals surface area contributed by atoms with Gasteiger partial charge in [0.05, 0.1) is 5.56 Å². The fourth-order valence-electron chi connectivity index (χ4n) is 3.00. The lowest BCUT2D eigenvalue weighted by Gasteiger charge is -2.08. The molecule has 2 aromatic carbocycles. The van der Waals surface area contributed by atoms with E-state index in [1.807, 2.05) is 30.3 Å². The van der Waals surface area contributed by atoms with E-state index in [9.17, 15) is 4.79 Å². The number of carbonyl (C=O) groups excluding carboxylic acids is 1. The highest BCUT2D eigenvalue weighted by molar-refractivity contribution is 6.35. The molecule has 0 aliphatic heterocycles. The van der Waals surface area contributed by atoms with Crippen LogP contribution in [0.2, 0.25) is 10.3 Å². The maximum absolute atomic E-state index is 12.4. The lowest BCUT2D eigenvalue weighted by atomic mass is 10.1. The van der Waals surface area contributed by atoms with E-state index in [2.05, 4.69) is 22.4 Å². The van der Waals surface area contributed by atoms with Gasteiger partial charge in [0.2, 0.25) is 0 Å². The Morgan fingerprint density at radius 2 is 1.75 bits per heavy atom. The number of nitrogens with one attached hydrogen (secondary N) is 1. The van der Waals surface area contributed by atoms with Crippen LogP contribution in [0.3, 0.4) is 0 Å². The van der Waals surface area contributed by atoms with Crippen LogP contribution in [0, 0.1) is 0 Å². The fourth-order valence-corrected chi connectivity index (χ4v) is 3.43. The zero-order chi connectivity index (χ0) is 16.7. The van der Waals surface area contributed by atoms with Crippen molar-refractivity contribution >= 4 is 34.8 Å². The number of amides is 1. The van der Waals surface area contributed by atoms with Gasteiger partial charge in [0.1, 0.15) is 10.3 Å². The monoisotopic (exact) mass is 354 g/mol. The Bertz CT molecular complexity index is 969. The molecular weight excluding hydrogens is 343 g/mol. The largest absolute Gasteiger partial charge is 0.322 e. The lowest BCUT2D eigenvalue weighted by Crippen LogP contribution is -2.13. The van der Waals surface area contributed by atoms with E-state index in [0.29, 0.717) is 5.56 Å². The molecule has 3 aromatic rings. The van der Waals surface area contributed by atoms with E-state index in [1.54, 1.807) is 12.1 Å². The van der Waals surface area contributed by atoms with Gasteiger partial charge in [-0.05, 0) is 52.9 Å². The molecule has 1 N–H and O–H groups in total. The minimum atomic E-state index is -0.306. The second-order valence-corrected chi connectivity index (χ2v) is 6.38. The van der Waals surface area contributed by atoms with Gasteiger partial charge in [-0.2, -0.15) is 0 Å². The third-order valence-corrected chi connectivity index (χ3v) is 4.61. The van der Waals surface area contributed by atoms with Gasteiger partial charge in [0, 0.05) is 5.69 Å². The Balaban J connectivity index is 1.61. The summed E-state index contributed by atoms with van der Waals surface area (Å²) in [4.78, 5) is 16.3. The summed E-state index contributed by atoms with van der Waals surface area (Å²) in [7, 11) is 0. The first kappa shape index (κ1) is 15.2. The zero-order valence-electron chi connectivity index (χ0n) is 12.5. The molecule has 0 unspecified atom stereocenters. The molecule has 1 aliphatic carbocycles. The number of carbonyl (C=O) groups is 1. The number of nitrogens with zero attached hydrogens (tertiary/aromatic N) is 1. The Hall–Kier alpha value is -2.36. The van der Waals surface area contributed by atoms with Crippen LogP contribution in [0.5, 0.6) is 0 Å². The number of halogens is 2. The van der Waals surface area contributed by atoms with Gasteiger partial charge < -0.3 is 5.32 Å². The van der Waals surface area contributed by atoms with E-state index in [0.717, 1.165) is 12.1 Å². The minimum absolute atomic E-state index is 0.0913. The zero-order valence-corrected chi connectivity index (χ0v) is 14.0. The van der Waals surface area contributed by atoms with Crippen LogP contribution in [0.15, 0.2) is 54.6 Å². The summed E-state index contributed by atoms with van der Waals surface area (Å²) in [6.07, 6.45) is 0.873. The van der Waals surface area contributed by atoms with Gasteiger partial charge in [0.25, 0.3) is 5.91 Å². The van der Waals surface area contributed by atoms with Crippen molar-refractivity contribution in [1.29, 1.82) is 0 Å². The van der Waals surface area contributed by atoms with Crippen LogP contribution in [0.1, 0.15) is 21.5 Å². The predicted octanol–water partition coefficient (Wildman–Crippen LogP) is 5.21. The highest BCUT2D eigenvalue weighted by Gasteiger charge is 2.19. The first-order valence-corrected chi connectivity index (χ1v) is 8.22. The second-order valence-electron chi connectivity index (χ2n) is 5.63. The summed E-state index contributed by atoms with van der Waals surface area (Å²) in [5.74, 6) is -0.306. The highest BCUT2D eigenvalue weighted by Crippen LogP contribution is 2.37. The molecule has 0 atom stereocenters. The van der Waals surface area contributed by atoms with Crippen molar-refractivity contribution in [2.45, 2.75) is 6.42 Å². The smallest absolute Gasteiger partial charge is 0.258 e. The van der Waals surface area contributed by atoms with E-state index < -0.39 is 0 Å². The Labute approximate surface area is 149 Å². The Kier molecular flexibility index (Phi) is 3.75. The van der Waals surface area contributed by atoms with Crippen molar-refractivity contribution < 1.29 is 4.79 Å². The van der Waals surface area contributed by atoms with Crippen LogP contribution >= 0.6 is 23.2 Å². The van der Waals surface area contributed by atoms with Crippen molar-refractivity contribution in [3.63, 3.8) is 0 Å². The van der Waals surface area contributed by atoms with Crippen LogP contribution in [0.25, 0.3) is 11.1 Å². The molecular formula is C19H12Cl2N2O. The van der Waals surface area contributed by atoms with Crippen LogP contribution in [-0.4, -0.2) is 10.9 Å². The van der Waals surface area contributed by atoms with E-state index in [-0.39, 0.29) is 16.2 Å². The third kappa shape index (κ3) is 2.66. The molecule has 1 aromatic heterocycles. The Morgan fingerprint density at radius 3 is 2.58 bits per heavy atom. The molecule has 0 spiro atoms. The number of hydrogen-bond acceptors (Lipinski definition) is 2. The molecule has 24 heavy (non-hydrogen) atoms. The number of hydrogen-bond donors (Lipinski definition) is 1. The summed E-state index contributed by atoms with van der Waals surface area (Å²) in [6, 6.07) is 17.4. The molecule has 0 bridgehead atoms. The van der Waals surface area contributed by atoms with E-state index >= 15 is 0 Å². The van der Waals surface area contributed by atoms with Gasteiger partial charge in [-0.15, -0.1) is 0 Å². The van der Waals surface area contributed by atoms with Crippen molar-refractivity contribution in [1.82, 2.24) is 4.98 Å². The quantitative estimate of drug-likeness (QED) is 0.502. The highest BCUT2D eigenvalue weighted by atomic mass is 35.5. The summed E-state index contributed by atoms with van der Waals surface area (Å²) in [5, 5.41) is 3.22. The summed E-state index contributed by atoms with van der Waals surface area (Å²) in [6.45, 7) is 0. The number of benzene rings is 2. The number of fused-ring (bicyclic) bond motifs is 3. The first-order chi connectivity index (χ1) is 11.6. The number of anilines is 1. The third-order valence-electron chi connectivity index (χ3n) is 4.11. The van der Waals surface area contributed by atoms with E-state index in [1.165, 1.54) is 22.3 Å². The number of pyridine rings is 1. The normalized spacial score (nSPS) is 11.8. The van der Waals surface area contributed by atoms with Crippen molar-refractivity contribution in [2.24, 2.45) is 0 Å². The van der Waals surface area contributed by atoms with Crippen molar-refractivity contribution in [3.8, 4) is 11.1 Å². The van der Waals surface area contributed by atoms with Gasteiger partial charge in [-0.1, -0.05) is 53.5 Å². The molecule has 118 valence electrons. The van der Waals surface area contributed by atoms with Crippen LogP contribution < -0.4 is 5.32 Å². The molecule has 0 saturated heterocycles. The second kappa shape index (κ2) is 5.93. The summed E-state index contributed by atoms with van der Waals surface area (Å²) >= 11 is 11.8. The standard InChI is InChI=1S/C19H12Cl2N2O/c20-17-8-7-16(18(21)23-17)19(24)22-13-5-6-15-12(10-13)9-11-3-1-2-4-14(11)15/h1-8,10H,9H2,(H,22,24). The molecule has 0 radical (unpaired) electrons. The topological polar surface area (TPSA) is 42.0 Å². The first-order valence-electron chi connectivity index (χ1n) is 7.46.